The summed E-state index contributed by atoms with van der Waals surface area (Å²) in [6, 6.07) is 0. The van der Waals surface area contributed by atoms with Crippen molar-refractivity contribution in [2.24, 2.45) is 5.16 Å². The van der Waals surface area contributed by atoms with Gasteiger partial charge in [0, 0.05) is 12.0 Å². The number of carbonyl (C=O) groups excluding carboxylic acids is 2. The van der Waals surface area contributed by atoms with Crippen molar-refractivity contribution in [3.8, 4) is 0 Å². The summed E-state index contributed by atoms with van der Waals surface area (Å²) in [5.74, 6) is -0.642. The second-order valence-electron chi connectivity index (χ2n) is 3.49. The topological polar surface area (TPSA) is 99.1 Å². The van der Waals surface area contributed by atoms with E-state index in [2.05, 4.69) is 15.5 Å². The predicted molar refractivity (Wildman–Crippen MR) is 77.4 cm³/mol. The Balaban J connectivity index is 2.77. The van der Waals surface area contributed by atoms with Crippen LogP contribution >= 0.6 is 11.3 Å². The van der Waals surface area contributed by atoms with Crippen molar-refractivity contribution in [1.29, 1.82) is 0 Å². The number of esters is 1. The van der Waals surface area contributed by atoms with E-state index in [-0.39, 0.29) is 24.6 Å². The molecule has 1 heterocycles. The van der Waals surface area contributed by atoms with Gasteiger partial charge in [-0.15, -0.1) is 11.3 Å². The van der Waals surface area contributed by atoms with E-state index in [1.807, 2.05) is 6.92 Å². The molecule has 1 amide bonds. The third-order valence-corrected chi connectivity index (χ3v) is 2.85. The van der Waals surface area contributed by atoms with Gasteiger partial charge in [-0.1, -0.05) is 5.16 Å². The number of hydrogen-bond acceptors (Lipinski definition) is 8. The number of anilines is 1. The van der Waals surface area contributed by atoms with Gasteiger partial charge in [0.1, 0.15) is 12.3 Å². The highest BCUT2D eigenvalue weighted by molar-refractivity contribution is 7.14. The van der Waals surface area contributed by atoms with E-state index >= 15 is 0 Å². The molecular formula is C12H17N3O5S. The Morgan fingerprint density at radius 3 is 2.90 bits per heavy atom. The number of nitrogens with one attached hydrogen (secondary N) is 1. The third-order valence-electron chi connectivity index (χ3n) is 2.08. The highest BCUT2D eigenvalue weighted by Crippen LogP contribution is 2.16. The molecule has 116 valence electrons. The first-order chi connectivity index (χ1) is 10.2. The van der Waals surface area contributed by atoms with Crippen molar-refractivity contribution >= 4 is 34.6 Å². The van der Waals surface area contributed by atoms with Gasteiger partial charge in [0.25, 0.3) is 0 Å². The molecule has 0 saturated heterocycles. The number of nitrogens with zero attached hydrogens (tertiary/aromatic N) is 2. The lowest BCUT2D eigenvalue weighted by atomic mass is 10.3. The lowest BCUT2D eigenvalue weighted by Crippen LogP contribution is -2.20. The fraction of sp³-hybridized carbons (Fsp3) is 0.500. The summed E-state index contributed by atoms with van der Waals surface area (Å²) < 4.78 is 9.99. The number of rotatable bonds is 10. The summed E-state index contributed by atoms with van der Waals surface area (Å²) in [6.45, 7) is 4.91. The minimum Gasteiger partial charge on any atom is -0.461 e. The number of carbonyl (C=O) groups is 2. The predicted octanol–water partition coefficient (Wildman–Crippen LogP) is 1.03. The van der Waals surface area contributed by atoms with Crippen LogP contribution in [0.15, 0.2) is 10.5 Å². The molecule has 0 radical (unpaired) electrons. The van der Waals surface area contributed by atoms with Crippen LogP contribution in [0.5, 0.6) is 0 Å². The van der Waals surface area contributed by atoms with Crippen molar-refractivity contribution < 1.29 is 23.9 Å². The number of thiazole rings is 1. The zero-order valence-corrected chi connectivity index (χ0v) is 12.6. The van der Waals surface area contributed by atoms with Crippen LogP contribution in [0.1, 0.15) is 19.5 Å². The summed E-state index contributed by atoms with van der Waals surface area (Å²) in [7, 11) is 0. The van der Waals surface area contributed by atoms with Crippen LogP contribution in [0.3, 0.4) is 0 Å². The number of hydrogen-bond donors (Lipinski definition) is 1. The van der Waals surface area contributed by atoms with Gasteiger partial charge in [0.2, 0.25) is 12.1 Å². The molecule has 0 aliphatic heterocycles. The first kappa shape index (κ1) is 17.1. The Labute approximate surface area is 126 Å². The first-order valence-electron chi connectivity index (χ1n) is 6.33. The maximum atomic E-state index is 11.8. The van der Waals surface area contributed by atoms with Gasteiger partial charge in [0.15, 0.2) is 5.13 Å². The molecule has 0 aliphatic rings. The molecule has 9 heteroatoms. The molecule has 0 bridgehead atoms. The molecule has 0 saturated carbocycles. The Morgan fingerprint density at radius 1 is 1.43 bits per heavy atom. The fourth-order valence-electron chi connectivity index (χ4n) is 1.24. The van der Waals surface area contributed by atoms with Gasteiger partial charge >= 0.3 is 5.97 Å². The molecule has 0 fully saturated rings. The van der Waals surface area contributed by atoms with Crippen LogP contribution < -0.4 is 5.32 Å². The molecule has 21 heavy (non-hydrogen) atoms. The van der Waals surface area contributed by atoms with E-state index in [0.717, 1.165) is 11.3 Å². The zero-order chi connectivity index (χ0) is 15.5. The minimum atomic E-state index is -0.642. The largest absolute Gasteiger partial charge is 0.461 e. The first-order valence-corrected chi connectivity index (χ1v) is 7.21. The van der Waals surface area contributed by atoms with E-state index < -0.39 is 5.97 Å². The van der Waals surface area contributed by atoms with E-state index in [0.29, 0.717) is 24.8 Å². The average Bonchev–Trinajstić information content (AvgIpc) is 2.91. The minimum absolute atomic E-state index is 0.0523. The van der Waals surface area contributed by atoms with E-state index in [9.17, 15) is 9.59 Å². The van der Waals surface area contributed by atoms with Gasteiger partial charge in [-0.05, 0) is 13.8 Å². The van der Waals surface area contributed by atoms with Crippen LogP contribution in [0.4, 0.5) is 5.13 Å². The molecular weight excluding hydrogens is 298 g/mol. The summed E-state index contributed by atoms with van der Waals surface area (Å²) in [5.41, 5.74) is 0.225. The molecule has 0 atom stereocenters. The molecule has 8 nitrogen and oxygen atoms in total. The van der Waals surface area contributed by atoms with Crippen LogP contribution in [-0.2, 0) is 23.9 Å². The molecule has 0 spiro atoms. The Kier molecular flexibility index (Phi) is 7.99. The van der Waals surface area contributed by atoms with Gasteiger partial charge < -0.3 is 19.6 Å². The van der Waals surface area contributed by atoms with E-state index in [1.54, 1.807) is 12.3 Å². The van der Waals surface area contributed by atoms with Crippen molar-refractivity contribution in [3.63, 3.8) is 0 Å². The molecule has 1 rings (SSSR count). The normalized spacial score (nSPS) is 11.0. The van der Waals surface area contributed by atoms with Crippen LogP contribution in [0.2, 0.25) is 0 Å². The summed E-state index contributed by atoms with van der Waals surface area (Å²) in [4.78, 5) is 31.3. The van der Waals surface area contributed by atoms with Gasteiger partial charge in [-0.25, -0.2) is 9.78 Å². The summed E-state index contributed by atoms with van der Waals surface area (Å²) in [5, 5.41) is 8.07. The maximum absolute atomic E-state index is 11.8. The quantitative estimate of drug-likeness (QED) is 0.228. The highest BCUT2D eigenvalue weighted by atomic mass is 32.1. The molecule has 0 unspecified atom stereocenters. The van der Waals surface area contributed by atoms with Crippen molar-refractivity contribution in [3.05, 3.63) is 11.1 Å². The Bertz CT molecular complexity index is 489. The Hall–Kier alpha value is -2.00. The molecule has 1 aromatic rings. The second-order valence-corrected chi connectivity index (χ2v) is 4.35. The molecule has 1 aromatic heterocycles. The zero-order valence-electron chi connectivity index (χ0n) is 11.8. The van der Waals surface area contributed by atoms with E-state index in [1.165, 1.54) is 0 Å². The second kappa shape index (κ2) is 9.83. The average molecular weight is 315 g/mol. The fourth-order valence-corrected chi connectivity index (χ4v) is 1.89. The lowest BCUT2D eigenvalue weighted by molar-refractivity contribution is -0.135. The summed E-state index contributed by atoms with van der Waals surface area (Å²) in [6.07, 6.45) is 0.502. The highest BCUT2D eigenvalue weighted by Gasteiger charge is 2.20. The standard InChI is InChI=1S/C12H17N3O5S/c1-3-18-5-6-20-15-10(11(17)19-4-2)9-7-21-12(14-9)13-8-16/h7-8H,3-6H2,1-2H3,(H,13,14,16). The maximum Gasteiger partial charge on any atom is 0.362 e. The monoisotopic (exact) mass is 315 g/mol. The Morgan fingerprint density at radius 2 is 2.24 bits per heavy atom. The van der Waals surface area contributed by atoms with Crippen molar-refractivity contribution in [2.75, 3.05) is 31.7 Å². The van der Waals surface area contributed by atoms with Crippen LogP contribution in [0.25, 0.3) is 0 Å². The van der Waals surface area contributed by atoms with Crippen LogP contribution in [-0.4, -0.2) is 49.5 Å². The molecule has 0 aliphatic carbocycles. The lowest BCUT2D eigenvalue weighted by Gasteiger charge is -2.04. The van der Waals surface area contributed by atoms with Gasteiger partial charge in [0.05, 0.1) is 13.2 Å². The molecule has 0 aromatic carbocycles. The number of amides is 1. The van der Waals surface area contributed by atoms with E-state index in [4.69, 9.17) is 14.3 Å². The third kappa shape index (κ3) is 5.88. The van der Waals surface area contributed by atoms with Gasteiger partial charge in [-0.3, -0.25) is 4.79 Å². The van der Waals surface area contributed by atoms with Crippen molar-refractivity contribution in [1.82, 2.24) is 4.98 Å². The van der Waals surface area contributed by atoms with Gasteiger partial charge in [-0.2, -0.15) is 0 Å². The smallest absolute Gasteiger partial charge is 0.362 e. The SMILES string of the molecule is CCOCCON=C(C(=O)OCC)c1csc(NC=O)n1. The van der Waals surface area contributed by atoms with Crippen molar-refractivity contribution in [2.45, 2.75) is 13.8 Å². The number of aromatic nitrogens is 1. The summed E-state index contributed by atoms with van der Waals surface area (Å²) >= 11 is 1.16. The van der Waals surface area contributed by atoms with Crippen LogP contribution in [0, 0.1) is 0 Å². The number of oxime groups is 1. The molecule has 1 N–H and O–H groups in total. The number of ether oxygens (including phenoxy) is 2.